The number of ether oxygens (including phenoxy) is 2. The number of carbonyl (C=O) groups excluding carboxylic acids is 2. The number of halogens is 1. The van der Waals surface area contributed by atoms with Gasteiger partial charge in [0.1, 0.15) is 5.75 Å². The Morgan fingerprint density at radius 1 is 0.974 bits per heavy atom. The van der Waals surface area contributed by atoms with Gasteiger partial charge in [0.15, 0.2) is 17.3 Å². The van der Waals surface area contributed by atoms with Gasteiger partial charge in [-0.2, -0.15) is 0 Å². The summed E-state index contributed by atoms with van der Waals surface area (Å²) in [7, 11) is 0. The van der Waals surface area contributed by atoms with Gasteiger partial charge >= 0.3 is 5.97 Å². The van der Waals surface area contributed by atoms with E-state index < -0.39 is 11.8 Å². The van der Waals surface area contributed by atoms with E-state index in [2.05, 4.69) is 13.8 Å². The van der Waals surface area contributed by atoms with Crippen LogP contribution in [0.1, 0.15) is 114 Å². The fraction of sp³-hybridized carbons (Fsp3) is 0.529. The lowest BCUT2D eigenvalue weighted by Gasteiger charge is -2.21. The predicted octanol–water partition coefficient (Wildman–Crippen LogP) is 9.36. The highest BCUT2D eigenvalue weighted by molar-refractivity contribution is 6.00. The number of esters is 1. The monoisotopic (exact) mass is 536 g/mol. The molecule has 0 aliphatic heterocycles. The van der Waals surface area contributed by atoms with Gasteiger partial charge in [-0.05, 0) is 72.7 Å². The Balaban J connectivity index is 1.46. The molecule has 2 unspecified atom stereocenters. The molecular weight excluding hydrogens is 491 g/mol. The first kappa shape index (κ1) is 30.6. The summed E-state index contributed by atoms with van der Waals surface area (Å²) >= 11 is 0. The van der Waals surface area contributed by atoms with Crippen molar-refractivity contribution >= 4 is 17.3 Å². The summed E-state index contributed by atoms with van der Waals surface area (Å²) < 4.78 is 25.4. The van der Waals surface area contributed by atoms with Crippen molar-refractivity contribution < 1.29 is 23.5 Å². The third kappa shape index (κ3) is 9.94. The van der Waals surface area contributed by atoms with Crippen LogP contribution in [0.25, 0.3) is 5.57 Å². The first-order valence-corrected chi connectivity index (χ1v) is 14.9. The van der Waals surface area contributed by atoms with E-state index in [0.717, 1.165) is 49.3 Å². The van der Waals surface area contributed by atoms with Gasteiger partial charge in [0, 0.05) is 5.92 Å². The molecule has 5 heteroatoms. The first-order valence-electron chi connectivity index (χ1n) is 14.9. The standard InChI is InChI=1S/C34H45FO4/c1-4-6-7-8-9-10-11-12-13-27-14-15-28(23-32(27)36)26-16-19-30(20-17-26)39-34(37)29-18-21-33(31(35)22-29)38-24-25(3)5-2/h16-23,25,27H,4-15,24H2,1-3H3. The molecule has 39 heavy (non-hydrogen) atoms. The van der Waals surface area contributed by atoms with E-state index in [1.807, 2.05) is 19.1 Å². The van der Waals surface area contributed by atoms with Crippen molar-refractivity contribution in [2.45, 2.75) is 97.8 Å². The Morgan fingerprint density at radius 3 is 2.31 bits per heavy atom. The lowest BCUT2D eigenvalue weighted by atomic mass is 9.83. The third-order valence-corrected chi connectivity index (χ3v) is 7.71. The molecule has 0 heterocycles. The van der Waals surface area contributed by atoms with E-state index in [-0.39, 0.29) is 23.0 Å². The van der Waals surface area contributed by atoms with Crippen LogP contribution in [0.3, 0.4) is 0 Å². The maximum atomic E-state index is 14.4. The van der Waals surface area contributed by atoms with Gasteiger partial charge in [-0.3, -0.25) is 4.79 Å². The molecule has 0 aromatic heterocycles. The number of allylic oxidation sites excluding steroid dienone is 2. The van der Waals surface area contributed by atoms with Crippen LogP contribution in [0.4, 0.5) is 4.39 Å². The summed E-state index contributed by atoms with van der Waals surface area (Å²) in [6.07, 6.45) is 15.7. The third-order valence-electron chi connectivity index (χ3n) is 7.71. The highest BCUT2D eigenvalue weighted by Crippen LogP contribution is 2.32. The Bertz CT molecular complexity index is 1090. The topological polar surface area (TPSA) is 52.6 Å². The molecule has 0 saturated heterocycles. The van der Waals surface area contributed by atoms with Crippen LogP contribution >= 0.6 is 0 Å². The lowest BCUT2D eigenvalue weighted by Crippen LogP contribution is -2.17. The van der Waals surface area contributed by atoms with E-state index in [1.54, 1.807) is 18.2 Å². The van der Waals surface area contributed by atoms with Crippen molar-refractivity contribution in [3.05, 3.63) is 65.5 Å². The van der Waals surface area contributed by atoms with E-state index >= 15 is 0 Å². The van der Waals surface area contributed by atoms with E-state index in [4.69, 9.17) is 9.47 Å². The largest absolute Gasteiger partial charge is 0.490 e. The Kier molecular flexibility index (Phi) is 12.7. The number of carbonyl (C=O) groups is 2. The second-order valence-corrected chi connectivity index (χ2v) is 11.0. The fourth-order valence-electron chi connectivity index (χ4n) is 4.87. The number of rotatable bonds is 16. The van der Waals surface area contributed by atoms with Gasteiger partial charge in [-0.25, -0.2) is 9.18 Å². The van der Waals surface area contributed by atoms with Crippen LogP contribution in [-0.2, 0) is 4.79 Å². The normalized spacial score (nSPS) is 16.1. The molecule has 2 aromatic rings. The van der Waals surface area contributed by atoms with Gasteiger partial charge in [0.05, 0.1) is 12.2 Å². The molecule has 0 radical (unpaired) electrons. The predicted molar refractivity (Wildman–Crippen MR) is 156 cm³/mol. The maximum absolute atomic E-state index is 14.4. The van der Waals surface area contributed by atoms with Gasteiger partial charge in [0.25, 0.3) is 0 Å². The minimum Gasteiger partial charge on any atom is -0.490 e. The van der Waals surface area contributed by atoms with Crippen molar-refractivity contribution in [3.63, 3.8) is 0 Å². The number of ketones is 1. The molecule has 0 saturated carbocycles. The molecule has 1 aliphatic rings. The maximum Gasteiger partial charge on any atom is 0.343 e. The van der Waals surface area contributed by atoms with Crippen LogP contribution in [0, 0.1) is 17.7 Å². The molecule has 0 amide bonds. The van der Waals surface area contributed by atoms with E-state index in [9.17, 15) is 14.0 Å². The van der Waals surface area contributed by atoms with Crippen LogP contribution in [0.5, 0.6) is 11.5 Å². The van der Waals surface area contributed by atoms with Crippen LogP contribution in [0.2, 0.25) is 0 Å². The highest BCUT2D eigenvalue weighted by atomic mass is 19.1. The molecule has 0 bridgehead atoms. The van der Waals surface area contributed by atoms with Crippen LogP contribution < -0.4 is 9.47 Å². The SMILES string of the molecule is CCCCCCCCCCC1CCC(c2ccc(OC(=O)c3ccc(OCC(C)CC)c(F)c3)cc2)=CC1=O. The summed E-state index contributed by atoms with van der Waals surface area (Å²) in [5.74, 6) is -0.0259. The van der Waals surface area contributed by atoms with Gasteiger partial charge in [-0.1, -0.05) is 90.7 Å². The second-order valence-electron chi connectivity index (χ2n) is 11.0. The molecular formula is C34H45FO4. The zero-order chi connectivity index (χ0) is 28.0. The summed E-state index contributed by atoms with van der Waals surface area (Å²) in [4.78, 5) is 25.3. The second kappa shape index (κ2) is 16.2. The van der Waals surface area contributed by atoms with Gasteiger partial charge in [0.2, 0.25) is 0 Å². The summed E-state index contributed by atoms with van der Waals surface area (Å²) in [6, 6.07) is 11.3. The molecule has 4 nitrogen and oxygen atoms in total. The summed E-state index contributed by atoms with van der Waals surface area (Å²) in [5, 5.41) is 0. The van der Waals surface area contributed by atoms with Crippen molar-refractivity contribution in [2.75, 3.05) is 6.61 Å². The zero-order valence-electron chi connectivity index (χ0n) is 24.0. The van der Waals surface area contributed by atoms with Gasteiger partial charge < -0.3 is 9.47 Å². The number of hydrogen-bond donors (Lipinski definition) is 0. The lowest BCUT2D eigenvalue weighted by molar-refractivity contribution is -0.118. The molecule has 2 aromatic carbocycles. The Labute approximate surface area is 234 Å². The summed E-state index contributed by atoms with van der Waals surface area (Å²) in [5.41, 5.74) is 2.11. The smallest absolute Gasteiger partial charge is 0.343 e. The zero-order valence-corrected chi connectivity index (χ0v) is 24.0. The molecule has 2 atom stereocenters. The fourth-order valence-corrected chi connectivity index (χ4v) is 4.87. The molecule has 1 aliphatic carbocycles. The van der Waals surface area contributed by atoms with Crippen molar-refractivity contribution in [3.8, 4) is 11.5 Å². The van der Waals surface area contributed by atoms with Crippen LogP contribution in [0.15, 0.2) is 48.5 Å². The quantitative estimate of drug-likeness (QED) is 0.122. The number of benzene rings is 2. The van der Waals surface area contributed by atoms with E-state index in [0.29, 0.717) is 18.3 Å². The van der Waals surface area contributed by atoms with Crippen molar-refractivity contribution in [1.29, 1.82) is 0 Å². The highest BCUT2D eigenvalue weighted by Gasteiger charge is 2.22. The molecule has 0 N–H and O–H groups in total. The average Bonchev–Trinajstić information content (AvgIpc) is 2.94. The van der Waals surface area contributed by atoms with Crippen LogP contribution in [-0.4, -0.2) is 18.4 Å². The molecule has 0 spiro atoms. The Hall–Kier alpha value is -2.95. The Morgan fingerprint density at radius 2 is 1.67 bits per heavy atom. The molecule has 212 valence electrons. The molecule has 3 rings (SSSR count). The van der Waals surface area contributed by atoms with Crippen molar-refractivity contribution in [1.82, 2.24) is 0 Å². The summed E-state index contributed by atoms with van der Waals surface area (Å²) in [6.45, 7) is 6.75. The average molecular weight is 537 g/mol. The number of hydrogen-bond acceptors (Lipinski definition) is 4. The minimum absolute atomic E-state index is 0.121. The van der Waals surface area contributed by atoms with Crippen molar-refractivity contribution in [2.24, 2.45) is 11.8 Å². The van der Waals surface area contributed by atoms with E-state index in [1.165, 1.54) is 57.1 Å². The number of unbranched alkanes of at least 4 members (excludes halogenated alkanes) is 7. The first-order chi connectivity index (χ1) is 18.9. The molecule has 0 fully saturated rings. The van der Waals surface area contributed by atoms with Gasteiger partial charge in [-0.15, -0.1) is 0 Å². The minimum atomic E-state index is -0.633.